The Morgan fingerprint density at radius 3 is 2.44 bits per heavy atom. The van der Waals surface area contributed by atoms with Crippen molar-refractivity contribution in [2.24, 2.45) is 10.8 Å². The first kappa shape index (κ1) is 19.0. The third kappa shape index (κ3) is 5.10. The van der Waals surface area contributed by atoms with Crippen molar-refractivity contribution in [1.82, 2.24) is 5.32 Å². The van der Waals surface area contributed by atoms with Crippen LogP contribution in [0.4, 0.5) is 5.69 Å². The number of primary amides is 1. The van der Waals surface area contributed by atoms with Gasteiger partial charge in [0.2, 0.25) is 5.91 Å². The molecular weight excluding hydrogens is 360 g/mol. The van der Waals surface area contributed by atoms with Crippen LogP contribution in [0.3, 0.4) is 0 Å². The average molecular weight is 382 g/mol. The Balaban J connectivity index is 1.51. The zero-order valence-electron chi connectivity index (χ0n) is 14.9. The molecule has 2 amide bonds. The van der Waals surface area contributed by atoms with Crippen LogP contribution in [0.1, 0.15) is 12.8 Å². The lowest BCUT2D eigenvalue weighted by Gasteiger charge is -2.20. The molecular formula is C20H22N4O2S. The molecule has 2 aromatic rings. The van der Waals surface area contributed by atoms with Gasteiger partial charge in [-0.1, -0.05) is 36.4 Å². The highest BCUT2D eigenvalue weighted by molar-refractivity contribution is 7.99. The molecule has 2 aromatic carbocycles. The lowest BCUT2D eigenvalue weighted by Crippen LogP contribution is -2.40. The van der Waals surface area contributed by atoms with Crippen LogP contribution in [0.5, 0.6) is 0 Å². The van der Waals surface area contributed by atoms with Crippen molar-refractivity contribution in [1.29, 1.82) is 0 Å². The van der Waals surface area contributed by atoms with Gasteiger partial charge in [0.25, 0.3) is 5.91 Å². The second-order valence-corrected chi connectivity index (χ2v) is 7.29. The van der Waals surface area contributed by atoms with E-state index in [4.69, 9.17) is 5.73 Å². The number of nitrogens with zero attached hydrogens (tertiary/aromatic N) is 2. The molecule has 0 fully saturated rings. The maximum Gasteiger partial charge on any atom is 0.267 e. The van der Waals surface area contributed by atoms with Gasteiger partial charge in [-0.15, -0.1) is 11.8 Å². The number of carbonyl (C=O) groups is 2. The molecule has 0 saturated heterocycles. The molecule has 140 valence electrons. The van der Waals surface area contributed by atoms with Crippen molar-refractivity contribution < 1.29 is 9.59 Å². The summed E-state index contributed by atoms with van der Waals surface area (Å²) in [5.41, 5.74) is 6.57. The fourth-order valence-corrected chi connectivity index (χ4v) is 3.64. The van der Waals surface area contributed by atoms with Crippen LogP contribution < -0.4 is 16.1 Å². The molecule has 1 heterocycles. The van der Waals surface area contributed by atoms with E-state index in [0.717, 1.165) is 17.9 Å². The van der Waals surface area contributed by atoms with Gasteiger partial charge in [0.15, 0.2) is 0 Å². The number of hydrogen-bond donors (Lipinski definition) is 2. The summed E-state index contributed by atoms with van der Waals surface area (Å²) < 4.78 is 0. The molecule has 3 rings (SSSR count). The fourth-order valence-electron chi connectivity index (χ4n) is 2.77. The Labute approximate surface area is 162 Å². The highest BCUT2D eigenvalue weighted by Crippen LogP contribution is 2.24. The Morgan fingerprint density at radius 1 is 1.11 bits per heavy atom. The van der Waals surface area contributed by atoms with E-state index in [1.165, 1.54) is 9.90 Å². The number of nitrogens with two attached hydrogens (primary N) is 1. The molecule has 1 aliphatic heterocycles. The molecule has 6 nitrogen and oxygen atoms in total. The van der Waals surface area contributed by atoms with Crippen molar-refractivity contribution in [2.45, 2.75) is 23.8 Å². The molecule has 0 saturated carbocycles. The molecule has 1 aliphatic rings. The first-order chi connectivity index (χ1) is 13.1. The van der Waals surface area contributed by atoms with Gasteiger partial charge >= 0.3 is 0 Å². The standard InChI is InChI=1S/C20H22N4O2S/c21-19(25)18-14-17(23-24(18)15-8-3-1-4-9-15)20(26)22-12-7-13-27-16-10-5-2-6-11-16/h1-6,8-11,18H,7,12-14H2,(H2,21,25)(H,22,26). The van der Waals surface area contributed by atoms with Gasteiger partial charge in [-0.25, -0.2) is 0 Å². The minimum atomic E-state index is -0.637. The average Bonchev–Trinajstić information content (AvgIpc) is 3.15. The molecule has 1 atom stereocenters. The smallest absolute Gasteiger partial charge is 0.267 e. The number of nitrogens with one attached hydrogen (secondary N) is 1. The minimum absolute atomic E-state index is 0.217. The quantitative estimate of drug-likeness (QED) is 0.542. The summed E-state index contributed by atoms with van der Waals surface area (Å²) in [5.74, 6) is 0.172. The zero-order valence-corrected chi connectivity index (χ0v) is 15.7. The molecule has 27 heavy (non-hydrogen) atoms. The first-order valence-corrected chi connectivity index (χ1v) is 9.81. The Kier molecular flexibility index (Phi) is 6.49. The summed E-state index contributed by atoms with van der Waals surface area (Å²) in [6, 6.07) is 18.8. The van der Waals surface area contributed by atoms with Crippen LogP contribution in [0.2, 0.25) is 0 Å². The van der Waals surface area contributed by atoms with Gasteiger partial charge in [-0.05, 0) is 36.4 Å². The van der Waals surface area contributed by atoms with E-state index >= 15 is 0 Å². The van der Waals surface area contributed by atoms with Gasteiger partial charge in [-0.3, -0.25) is 14.6 Å². The highest BCUT2D eigenvalue weighted by atomic mass is 32.2. The van der Waals surface area contributed by atoms with Crippen LogP contribution in [-0.4, -0.2) is 35.9 Å². The summed E-state index contributed by atoms with van der Waals surface area (Å²) in [6.45, 7) is 0.560. The molecule has 0 aromatic heterocycles. The van der Waals surface area contributed by atoms with E-state index in [0.29, 0.717) is 12.3 Å². The molecule has 0 bridgehead atoms. The molecule has 1 unspecified atom stereocenters. The number of benzene rings is 2. The normalized spacial score (nSPS) is 16.1. The van der Waals surface area contributed by atoms with Crippen molar-refractivity contribution in [3.63, 3.8) is 0 Å². The summed E-state index contributed by atoms with van der Waals surface area (Å²) in [5, 5.41) is 8.75. The number of anilines is 1. The minimum Gasteiger partial charge on any atom is -0.368 e. The zero-order chi connectivity index (χ0) is 19.1. The number of hydrazone groups is 1. The summed E-state index contributed by atoms with van der Waals surface area (Å²) >= 11 is 1.76. The summed E-state index contributed by atoms with van der Waals surface area (Å²) in [4.78, 5) is 25.4. The van der Waals surface area contributed by atoms with Crippen LogP contribution >= 0.6 is 11.8 Å². The number of para-hydroxylation sites is 1. The Bertz CT molecular complexity index is 811. The van der Waals surface area contributed by atoms with Crippen molar-refractivity contribution in [2.75, 3.05) is 17.3 Å². The monoisotopic (exact) mass is 382 g/mol. The van der Waals surface area contributed by atoms with Gasteiger partial charge in [0.1, 0.15) is 11.8 Å². The Morgan fingerprint density at radius 2 is 1.78 bits per heavy atom. The van der Waals surface area contributed by atoms with Gasteiger partial charge in [-0.2, -0.15) is 5.10 Å². The number of amides is 2. The summed E-state index contributed by atoms with van der Waals surface area (Å²) in [6.07, 6.45) is 1.06. The van der Waals surface area contributed by atoms with E-state index in [-0.39, 0.29) is 12.3 Å². The van der Waals surface area contributed by atoms with Crippen LogP contribution in [0, 0.1) is 0 Å². The van der Waals surface area contributed by atoms with E-state index in [1.54, 1.807) is 11.8 Å². The highest BCUT2D eigenvalue weighted by Gasteiger charge is 2.34. The number of rotatable bonds is 8. The number of hydrogen-bond acceptors (Lipinski definition) is 5. The van der Waals surface area contributed by atoms with Gasteiger partial charge < -0.3 is 11.1 Å². The third-order valence-electron chi connectivity index (χ3n) is 4.14. The predicted octanol–water partition coefficient (Wildman–Crippen LogP) is 2.41. The predicted molar refractivity (Wildman–Crippen MR) is 109 cm³/mol. The maximum atomic E-state index is 12.4. The van der Waals surface area contributed by atoms with Crippen molar-refractivity contribution >= 4 is 35.0 Å². The Hall–Kier alpha value is -2.80. The third-order valence-corrected chi connectivity index (χ3v) is 5.24. The molecule has 0 aliphatic carbocycles. The summed E-state index contributed by atoms with van der Waals surface area (Å²) in [7, 11) is 0. The fraction of sp³-hybridized carbons (Fsp3) is 0.250. The van der Waals surface area contributed by atoms with Gasteiger partial charge in [0.05, 0.1) is 5.69 Å². The van der Waals surface area contributed by atoms with Crippen molar-refractivity contribution in [3.8, 4) is 0 Å². The topological polar surface area (TPSA) is 87.8 Å². The SMILES string of the molecule is NC(=O)C1CC(C(=O)NCCCSc2ccccc2)=NN1c1ccccc1. The van der Waals surface area contributed by atoms with E-state index in [9.17, 15) is 9.59 Å². The first-order valence-electron chi connectivity index (χ1n) is 8.82. The van der Waals surface area contributed by atoms with Crippen molar-refractivity contribution in [3.05, 3.63) is 60.7 Å². The molecule has 7 heteroatoms. The molecule has 0 radical (unpaired) electrons. The van der Waals surface area contributed by atoms with Crippen LogP contribution in [-0.2, 0) is 9.59 Å². The van der Waals surface area contributed by atoms with E-state index in [2.05, 4.69) is 22.6 Å². The number of carbonyl (C=O) groups excluding carboxylic acids is 2. The van der Waals surface area contributed by atoms with E-state index < -0.39 is 11.9 Å². The second-order valence-electron chi connectivity index (χ2n) is 6.12. The van der Waals surface area contributed by atoms with Gasteiger partial charge in [0, 0.05) is 17.9 Å². The second kappa shape index (κ2) is 9.23. The molecule has 0 spiro atoms. The lowest BCUT2D eigenvalue weighted by molar-refractivity contribution is -0.119. The maximum absolute atomic E-state index is 12.4. The van der Waals surface area contributed by atoms with Crippen LogP contribution in [0.25, 0.3) is 0 Å². The lowest BCUT2D eigenvalue weighted by atomic mass is 10.1. The van der Waals surface area contributed by atoms with E-state index in [1.807, 2.05) is 48.5 Å². The number of thioether (sulfide) groups is 1. The van der Waals surface area contributed by atoms with Crippen LogP contribution in [0.15, 0.2) is 70.7 Å². The largest absolute Gasteiger partial charge is 0.368 e. The molecule has 3 N–H and O–H groups in total.